The second-order valence-electron chi connectivity index (χ2n) is 3.10. The van der Waals surface area contributed by atoms with Crippen LogP contribution in [0.3, 0.4) is 0 Å². The molecule has 0 unspecified atom stereocenters. The van der Waals surface area contributed by atoms with Crippen molar-refractivity contribution >= 4 is 0 Å². The Morgan fingerprint density at radius 2 is 1.55 bits per heavy atom. The van der Waals surface area contributed by atoms with E-state index in [9.17, 15) is 13.2 Å². The molecule has 0 nitrogen and oxygen atoms in total. The summed E-state index contributed by atoms with van der Waals surface area (Å²) < 4.78 is 35.5. The van der Waals surface area contributed by atoms with E-state index in [4.69, 9.17) is 0 Å². The van der Waals surface area contributed by atoms with E-state index >= 15 is 0 Å². The van der Waals surface area contributed by atoms with Gasteiger partial charge in [-0.2, -0.15) is 13.2 Å². The molecule has 1 saturated carbocycles. The smallest absolute Gasteiger partial charge is 0.171 e. The molecule has 1 aliphatic rings. The fourth-order valence-corrected chi connectivity index (χ4v) is 1.51. The molecule has 0 saturated heterocycles. The van der Waals surface area contributed by atoms with Crippen molar-refractivity contribution in [1.29, 1.82) is 0 Å². The van der Waals surface area contributed by atoms with E-state index in [2.05, 4.69) is 0 Å². The van der Waals surface area contributed by atoms with Crippen molar-refractivity contribution in [1.82, 2.24) is 0 Å². The summed E-state index contributed by atoms with van der Waals surface area (Å²) in [6.07, 6.45) is -0.239. The summed E-state index contributed by atoms with van der Waals surface area (Å²) in [5.74, 6) is 0.698. The second kappa shape index (κ2) is 3.46. The van der Waals surface area contributed by atoms with Crippen molar-refractivity contribution in [3.63, 3.8) is 0 Å². The summed E-state index contributed by atoms with van der Waals surface area (Å²) in [5.41, 5.74) is 0. The number of alkyl halides is 3. The number of halogens is 3. The average molecular weight is 165 g/mol. The third-order valence-electron chi connectivity index (χ3n) is 2.01. The Hall–Kier alpha value is -0.210. The van der Waals surface area contributed by atoms with Crippen molar-refractivity contribution < 1.29 is 13.2 Å². The predicted octanol–water partition coefficient (Wildman–Crippen LogP) is 3.48. The summed E-state index contributed by atoms with van der Waals surface area (Å²) in [6.45, 7) is 0. The minimum Gasteiger partial charge on any atom is -0.171 e. The highest BCUT2D eigenvalue weighted by Gasteiger charge is 2.32. The first kappa shape index (κ1) is 8.88. The Bertz CT molecular complexity index is 111. The first-order valence-electron chi connectivity index (χ1n) is 3.98. The van der Waals surface area contributed by atoms with E-state index < -0.39 is 12.6 Å². The van der Waals surface area contributed by atoms with Crippen LogP contribution < -0.4 is 0 Å². The standard InChI is InChI=1S/C8H12F3/c9-8(10,11)6-7-4-2-1-3-5-7/h1-6H2. The van der Waals surface area contributed by atoms with Gasteiger partial charge in [0.15, 0.2) is 0 Å². The first-order chi connectivity index (χ1) is 5.08. The van der Waals surface area contributed by atoms with Crippen molar-refractivity contribution in [2.24, 2.45) is 0 Å². The van der Waals surface area contributed by atoms with Crippen LogP contribution >= 0.6 is 0 Å². The van der Waals surface area contributed by atoms with Crippen molar-refractivity contribution in [2.45, 2.75) is 44.7 Å². The van der Waals surface area contributed by atoms with Gasteiger partial charge < -0.3 is 0 Å². The van der Waals surface area contributed by atoms with Crippen LogP contribution in [0.1, 0.15) is 38.5 Å². The fourth-order valence-electron chi connectivity index (χ4n) is 1.51. The van der Waals surface area contributed by atoms with Crippen molar-refractivity contribution in [3.05, 3.63) is 5.92 Å². The summed E-state index contributed by atoms with van der Waals surface area (Å²) in [5, 5.41) is 0. The van der Waals surface area contributed by atoms with E-state index in [1.165, 1.54) is 0 Å². The maximum atomic E-state index is 11.8. The van der Waals surface area contributed by atoms with Gasteiger partial charge in [0, 0.05) is 6.42 Å². The van der Waals surface area contributed by atoms with Gasteiger partial charge in [0.25, 0.3) is 0 Å². The lowest BCUT2D eigenvalue weighted by molar-refractivity contribution is -0.132. The average Bonchev–Trinajstić information content (AvgIpc) is 1.85. The molecule has 65 valence electrons. The lowest BCUT2D eigenvalue weighted by Crippen LogP contribution is -2.15. The Balaban J connectivity index is 2.24. The molecule has 0 spiro atoms. The van der Waals surface area contributed by atoms with Crippen LogP contribution in [0, 0.1) is 5.92 Å². The molecule has 0 atom stereocenters. The highest BCUT2D eigenvalue weighted by molar-refractivity contribution is 4.94. The normalized spacial score (nSPS) is 22.1. The van der Waals surface area contributed by atoms with E-state index in [0.717, 1.165) is 19.3 Å². The molecule has 0 amide bonds. The molecule has 0 bridgehead atoms. The van der Waals surface area contributed by atoms with E-state index in [1.54, 1.807) is 0 Å². The van der Waals surface area contributed by atoms with Gasteiger partial charge in [-0.3, -0.25) is 0 Å². The quantitative estimate of drug-likeness (QED) is 0.558. The van der Waals surface area contributed by atoms with Gasteiger partial charge in [0.2, 0.25) is 0 Å². The monoisotopic (exact) mass is 165 g/mol. The van der Waals surface area contributed by atoms with Gasteiger partial charge in [-0.05, 0) is 18.8 Å². The van der Waals surface area contributed by atoms with E-state index in [1.807, 2.05) is 0 Å². The van der Waals surface area contributed by atoms with Crippen LogP contribution in [0.25, 0.3) is 0 Å². The van der Waals surface area contributed by atoms with Crippen LogP contribution in [-0.2, 0) is 0 Å². The third-order valence-corrected chi connectivity index (χ3v) is 2.01. The SMILES string of the molecule is FC(F)(F)C[C]1CCCCC1. The minimum absolute atomic E-state index is 0.646. The van der Waals surface area contributed by atoms with Crippen LogP contribution in [-0.4, -0.2) is 6.18 Å². The molecule has 0 aliphatic heterocycles. The van der Waals surface area contributed by atoms with E-state index in [0.29, 0.717) is 18.8 Å². The van der Waals surface area contributed by atoms with Crippen LogP contribution in [0.5, 0.6) is 0 Å². The Kier molecular flexibility index (Phi) is 2.79. The molecule has 0 aromatic heterocycles. The summed E-state index contributed by atoms with van der Waals surface area (Å²) >= 11 is 0. The lowest BCUT2D eigenvalue weighted by Gasteiger charge is -2.21. The zero-order valence-electron chi connectivity index (χ0n) is 6.38. The van der Waals surface area contributed by atoms with Crippen molar-refractivity contribution in [3.8, 4) is 0 Å². The van der Waals surface area contributed by atoms with E-state index in [-0.39, 0.29) is 0 Å². The van der Waals surface area contributed by atoms with Gasteiger partial charge in [0.1, 0.15) is 0 Å². The molecule has 0 N–H and O–H groups in total. The Morgan fingerprint density at radius 3 is 2.00 bits per heavy atom. The number of hydrogen-bond donors (Lipinski definition) is 0. The van der Waals surface area contributed by atoms with Crippen LogP contribution in [0.2, 0.25) is 0 Å². The van der Waals surface area contributed by atoms with Gasteiger partial charge in [-0.15, -0.1) is 0 Å². The maximum Gasteiger partial charge on any atom is 0.389 e. The Morgan fingerprint density at radius 1 is 1.00 bits per heavy atom. The predicted molar refractivity (Wildman–Crippen MR) is 37.0 cm³/mol. The molecule has 3 heteroatoms. The summed E-state index contributed by atoms with van der Waals surface area (Å²) in [4.78, 5) is 0. The first-order valence-corrected chi connectivity index (χ1v) is 3.98. The molecule has 0 aromatic rings. The molecule has 1 aliphatic carbocycles. The molecular weight excluding hydrogens is 153 g/mol. The van der Waals surface area contributed by atoms with Gasteiger partial charge >= 0.3 is 6.18 Å². The number of rotatable bonds is 1. The van der Waals surface area contributed by atoms with Crippen LogP contribution in [0.4, 0.5) is 13.2 Å². The zero-order chi connectivity index (χ0) is 8.32. The molecule has 0 aromatic carbocycles. The van der Waals surface area contributed by atoms with Gasteiger partial charge in [0.05, 0.1) is 0 Å². The molecule has 1 fully saturated rings. The van der Waals surface area contributed by atoms with Crippen molar-refractivity contribution in [2.75, 3.05) is 0 Å². The fraction of sp³-hybridized carbons (Fsp3) is 0.875. The summed E-state index contributed by atoms with van der Waals surface area (Å²) in [7, 11) is 0. The zero-order valence-corrected chi connectivity index (χ0v) is 6.38. The van der Waals surface area contributed by atoms with Crippen LogP contribution in [0.15, 0.2) is 0 Å². The Labute approximate surface area is 64.8 Å². The highest BCUT2D eigenvalue weighted by atomic mass is 19.4. The minimum atomic E-state index is -3.98. The highest BCUT2D eigenvalue weighted by Crippen LogP contribution is 2.35. The molecule has 11 heavy (non-hydrogen) atoms. The summed E-state index contributed by atoms with van der Waals surface area (Å²) in [6, 6.07) is 0. The topological polar surface area (TPSA) is 0 Å². The van der Waals surface area contributed by atoms with Gasteiger partial charge in [-0.25, -0.2) is 0 Å². The lowest BCUT2D eigenvalue weighted by atomic mass is 9.87. The number of hydrogen-bond acceptors (Lipinski definition) is 0. The molecular formula is C8H12F3. The second-order valence-corrected chi connectivity index (χ2v) is 3.10. The molecule has 1 rings (SSSR count). The van der Waals surface area contributed by atoms with Gasteiger partial charge in [-0.1, -0.05) is 19.3 Å². The third kappa shape index (κ3) is 3.63. The largest absolute Gasteiger partial charge is 0.389 e. The molecule has 1 radical (unpaired) electrons. The molecule has 0 heterocycles. The maximum absolute atomic E-state index is 11.8.